The van der Waals surface area contributed by atoms with Crippen LogP contribution in [0.4, 0.5) is 5.69 Å². The van der Waals surface area contributed by atoms with Crippen LogP contribution in [0.1, 0.15) is 19.3 Å². The predicted octanol–water partition coefficient (Wildman–Crippen LogP) is 1.48. The summed E-state index contributed by atoms with van der Waals surface area (Å²) in [4.78, 5) is 12.1. The number of amides is 1. The van der Waals surface area contributed by atoms with E-state index >= 15 is 0 Å². The molecule has 1 aliphatic heterocycles. The second kappa shape index (κ2) is 4.49. The molecule has 3 N–H and O–H groups in total. The van der Waals surface area contributed by atoms with Crippen molar-refractivity contribution >= 4 is 11.6 Å². The fourth-order valence-corrected chi connectivity index (χ4v) is 2.52. The van der Waals surface area contributed by atoms with E-state index < -0.39 is 0 Å². The Hall–Kier alpha value is -1.75. The van der Waals surface area contributed by atoms with Gasteiger partial charge in [-0.3, -0.25) is 4.79 Å². The topological polar surface area (TPSA) is 73.6 Å². The normalized spacial score (nSPS) is 25.2. The molecule has 5 heteroatoms. The third-order valence-corrected chi connectivity index (χ3v) is 3.55. The van der Waals surface area contributed by atoms with E-state index in [-0.39, 0.29) is 24.7 Å². The van der Waals surface area contributed by atoms with E-state index in [2.05, 4.69) is 5.32 Å². The van der Waals surface area contributed by atoms with Gasteiger partial charge in [0.2, 0.25) is 12.7 Å². The van der Waals surface area contributed by atoms with E-state index in [0.29, 0.717) is 11.5 Å². The number of hydrogen-bond acceptors (Lipinski definition) is 4. The second-order valence-corrected chi connectivity index (χ2v) is 4.76. The molecule has 2 aliphatic rings. The summed E-state index contributed by atoms with van der Waals surface area (Å²) in [5.41, 5.74) is 6.64. The van der Waals surface area contributed by atoms with Crippen LogP contribution in [0.2, 0.25) is 0 Å². The maximum atomic E-state index is 12.1. The largest absolute Gasteiger partial charge is 0.454 e. The first-order valence-corrected chi connectivity index (χ1v) is 6.20. The molecule has 1 aromatic rings. The first-order chi connectivity index (χ1) is 8.74. The van der Waals surface area contributed by atoms with Gasteiger partial charge in [-0.15, -0.1) is 0 Å². The molecule has 1 amide bonds. The minimum absolute atomic E-state index is 0.00105. The van der Waals surface area contributed by atoms with Crippen molar-refractivity contribution in [2.45, 2.75) is 25.3 Å². The highest BCUT2D eigenvalue weighted by Crippen LogP contribution is 2.34. The maximum Gasteiger partial charge on any atom is 0.231 e. The van der Waals surface area contributed by atoms with Gasteiger partial charge in [0.15, 0.2) is 11.5 Å². The van der Waals surface area contributed by atoms with E-state index in [1.165, 1.54) is 0 Å². The van der Waals surface area contributed by atoms with Gasteiger partial charge < -0.3 is 20.5 Å². The van der Waals surface area contributed by atoms with E-state index in [4.69, 9.17) is 15.2 Å². The average molecular weight is 248 g/mol. The lowest BCUT2D eigenvalue weighted by Crippen LogP contribution is -2.34. The van der Waals surface area contributed by atoms with Crippen LogP contribution < -0.4 is 20.5 Å². The maximum absolute atomic E-state index is 12.1. The first kappa shape index (κ1) is 11.3. The van der Waals surface area contributed by atoms with Gasteiger partial charge in [-0.1, -0.05) is 6.42 Å². The molecule has 2 atom stereocenters. The molecule has 1 aliphatic carbocycles. The molecule has 5 nitrogen and oxygen atoms in total. The Morgan fingerprint density at radius 3 is 2.89 bits per heavy atom. The zero-order valence-electron chi connectivity index (χ0n) is 10.0. The van der Waals surface area contributed by atoms with Gasteiger partial charge in [0.25, 0.3) is 0 Å². The van der Waals surface area contributed by atoms with Gasteiger partial charge in [0, 0.05) is 17.8 Å². The highest BCUT2D eigenvalue weighted by Gasteiger charge is 2.30. The Morgan fingerprint density at radius 2 is 2.11 bits per heavy atom. The summed E-state index contributed by atoms with van der Waals surface area (Å²) in [7, 11) is 0. The van der Waals surface area contributed by atoms with Crippen LogP contribution in [0.25, 0.3) is 0 Å². The molecule has 0 bridgehead atoms. The zero-order valence-corrected chi connectivity index (χ0v) is 10.0. The standard InChI is InChI=1S/C13H16N2O3/c14-10-3-1-2-9(10)13(16)15-8-4-5-11-12(6-8)18-7-17-11/h4-6,9-10H,1-3,7,14H2,(H,15,16). The molecule has 0 saturated heterocycles. The third kappa shape index (κ3) is 2.01. The molecule has 1 heterocycles. The van der Waals surface area contributed by atoms with Gasteiger partial charge in [0.05, 0.1) is 5.92 Å². The van der Waals surface area contributed by atoms with Gasteiger partial charge in [-0.2, -0.15) is 0 Å². The number of nitrogens with one attached hydrogen (secondary N) is 1. The average Bonchev–Trinajstić information content (AvgIpc) is 2.96. The molecule has 1 fully saturated rings. The van der Waals surface area contributed by atoms with Crippen molar-refractivity contribution in [2.75, 3.05) is 12.1 Å². The Bertz CT molecular complexity index is 475. The summed E-state index contributed by atoms with van der Waals surface area (Å²) < 4.78 is 10.5. The summed E-state index contributed by atoms with van der Waals surface area (Å²) in [6.07, 6.45) is 2.83. The Balaban J connectivity index is 1.71. The molecule has 0 spiro atoms. The molecule has 18 heavy (non-hydrogen) atoms. The van der Waals surface area contributed by atoms with Crippen LogP contribution in [0.3, 0.4) is 0 Å². The quantitative estimate of drug-likeness (QED) is 0.831. The Morgan fingerprint density at radius 1 is 1.28 bits per heavy atom. The van der Waals surface area contributed by atoms with Crippen molar-refractivity contribution in [3.05, 3.63) is 18.2 Å². The highest BCUT2D eigenvalue weighted by molar-refractivity contribution is 5.93. The summed E-state index contributed by atoms with van der Waals surface area (Å²) in [5, 5.41) is 2.89. The first-order valence-electron chi connectivity index (χ1n) is 6.20. The summed E-state index contributed by atoms with van der Waals surface area (Å²) in [6, 6.07) is 5.37. The summed E-state index contributed by atoms with van der Waals surface area (Å²) in [5.74, 6) is 1.31. The minimum atomic E-state index is -0.0737. The van der Waals surface area contributed by atoms with E-state index in [9.17, 15) is 4.79 Å². The number of benzene rings is 1. The van der Waals surface area contributed by atoms with Crippen LogP contribution >= 0.6 is 0 Å². The van der Waals surface area contributed by atoms with Crippen molar-refractivity contribution in [2.24, 2.45) is 11.7 Å². The molecule has 96 valence electrons. The van der Waals surface area contributed by atoms with Crippen molar-refractivity contribution in [3.63, 3.8) is 0 Å². The number of ether oxygens (including phenoxy) is 2. The monoisotopic (exact) mass is 248 g/mol. The number of carbonyl (C=O) groups is 1. The fourth-order valence-electron chi connectivity index (χ4n) is 2.52. The number of nitrogens with two attached hydrogens (primary N) is 1. The number of fused-ring (bicyclic) bond motifs is 1. The molecular formula is C13H16N2O3. The predicted molar refractivity (Wildman–Crippen MR) is 66.5 cm³/mol. The van der Waals surface area contributed by atoms with E-state index in [0.717, 1.165) is 24.9 Å². The zero-order chi connectivity index (χ0) is 12.5. The van der Waals surface area contributed by atoms with Crippen LogP contribution in [-0.2, 0) is 4.79 Å². The van der Waals surface area contributed by atoms with Crippen molar-refractivity contribution in [1.29, 1.82) is 0 Å². The third-order valence-electron chi connectivity index (χ3n) is 3.55. The van der Waals surface area contributed by atoms with Gasteiger partial charge in [0.1, 0.15) is 0 Å². The van der Waals surface area contributed by atoms with Gasteiger partial charge in [-0.25, -0.2) is 0 Å². The van der Waals surface area contributed by atoms with Crippen molar-refractivity contribution in [3.8, 4) is 11.5 Å². The molecule has 1 aromatic carbocycles. The van der Waals surface area contributed by atoms with Crippen molar-refractivity contribution in [1.82, 2.24) is 0 Å². The summed E-state index contributed by atoms with van der Waals surface area (Å²) >= 11 is 0. The smallest absolute Gasteiger partial charge is 0.231 e. The lowest BCUT2D eigenvalue weighted by molar-refractivity contribution is -0.120. The SMILES string of the molecule is NC1CCCC1C(=O)Nc1ccc2c(c1)OCO2. The Labute approximate surface area is 105 Å². The van der Waals surface area contributed by atoms with Crippen LogP contribution in [0.5, 0.6) is 11.5 Å². The number of hydrogen-bond donors (Lipinski definition) is 2. The number of carbonyl (C=O) groups excluding carboxylic acids is 1. The van der Waals surface area contributed by atoms with Crippen molar-refractivity contribution < 1.29 is 14.3 Å². The molecule has 3 rings (SSSR count). The lowest BCUT2D eigenvalue weighted by Gasteiger charge is -2.15. The Kier molecular flexibility index (Phi) is 2.83. The van der Waals surface area contributed by atoms with Gasteiger partial charge >= 0.3 is 0 Å². The van der Waals surface area contributed by atoms with E-state index in [1.807, 2.05) is 6.07 Å². The minimum Gasteiger partial charge on any atom is -0.454 e. The second-order valence-electron chi connectivity index (χ2n) is 4.76. The lowest BCUT2D eigenvalue weighted by atomic mass is 10.0. The molecular weight excluding hydrogens is 232 g/mol. The highest BCUT2D eigenvalue weighted by atomic mass is 16.7. The number of rotatable bonds is 2. The fraction of sp³-hybridized carbons (Fsp3) is 0.462. The number of anilines is 1. The van der Waals surface area contributed by atoms with E-state index in [1.54, 1.807) is 12.1 Å². The molecule has 0 radical (unpaired) electrons. The van der Waals surface area contributed by atoms with Crippen LogP contribution in [0, 0.1) is 5.92 Å². The molecule has 0 aromatic heterocycles. The van der Waals surface area contributed by atoms with Gasteiger partial charge in [-0.05, 0) is 25.0 Å². The summed E-state index contributed by atoms with van der Waals surface area (Å²) in [6.45, 7) is 0.236. The molecule has 2 unspecified atom stereocenters. The van der Waals surface area contributed by atoms with Crippen LogP contribution in [-0.4, -0.2) is 18.7 Å². The van der Waals surface area contributed by atoms with Crippen LogP contribution in [0.15, 0.2) is 18.2 Å². The molecule has 1 saturated carbocycles.